The predicted octanol–water partition coefficient (Wildman–Crippen LogP) is 3.44. The van der Waals surface area contributed by atoms with Crippen LogP contribution in [-0.2, 0) is 9.53 Å². The lowest BCUT2D eigenvalue weighted by atomic mass is 10.0. The van der Waals surface area contributed by atoms with Crippen LogP contribution in [0.5, 0.6) is 0 Å². The van der Waals surface area contributed by atoms with E-state index in [1.54, 1.807) is 0 Å². The third-order valence-electron chi connectivity index (χ3n) is 3.36. The molecule has 0 aliphatic carbocycles. The Hall–Kier alpha value is -1.87. The molecule has 2 rings (SSSR count). The van der Waals surface area contributed by atoms with Gasteiger partial charge in [0, 0.05) is 12.6 Å². The van der Waals surface area contributed by atoms with E-state index >= 15 is 0 Å². The predicted molar refractivity (Wildman–Crippen MR) is 81.6 cm³/mol. The van der Waals surface area contributed by atoms with Gasteiger partial charge in [-0.3, -0.25) is 4.79 Å². The fraction of sp³-hybridized carbons (Fsp3) is 0.353. The Balaban J connectivity index is 1.93. The molecule has 0 aliphatic rings. The van der Waals surface area contributed by atoms with Crippen LogP contribution in [0.2, 0.25) is 0 Å². The van der Waals surface area contributed by atoms with Crippen molar-refractivity contribution >= 4 is 16.7 Å². The van der Waals surface area contributed by atoms with Crippen molar-refractivity contribution in [1.82, 2.24) is 5.32 Å². The molecular formula is C17H21NO2. The highest BCUT2D eigenvalue weighted by atomic mass is 16.5. The van der Waals surface area contributed by atoms with Crippen LogP contribution in [0.1, 0.15) is 31.9 Å². The van der Waals surface area contributed by atoms with Gasteiger partial charge in [0.15, 0.2) is 0 Å². The fourth-order valence-corrected chi connectivity index (χ4v) is 2.22. The molecule has 2 aromatic rings. The van der Waals surface area contributed by atoms with Crippen molar-refractivity contribution < 1.29 is 9.53 Å². The third kappa shape index (κ3) is 3.81. The van der Waals surface area contributed by atoms with Crippen molar-refractivity contribution in [2.75, 3.05) is 13.2 Å². The number of esters is 1. The molecule has 0 radical (unpaired) electrons. The van der Waals surface area contributed by atoms with E-state index in [2.05, 4.69) is 42.6 Å². The molecular weight excluding hydrogens is 250 g/mol. The maximum Gasteiger partial charge on any atom is 0.307 e. The second kappa shape index (κ2) is 7.06. The number of hydrogen-bond donors (Lipinski definition) is 1. The second-order valence-corrected chi connectivity index (χ2v) is 4.84. The van der Waals surface area contributed by atoms with Crippen LogP contribution in [0.4, 0.5) is 0 Å². The summed E-state index contributed by atoms with van der Waals surface area (Å²) < 4.78 is 4.91. The Kier molecular flexibility index (Phi) is 5.13. The minimum absolute atomic E-state index is 0.147. The molecule has 20 heavy (non-hydrogen) atoms. The smallest absolute Gasteiger partial charge is 0.307 e. The van der Waals surface area contributed by atoms with Gasteiger partial charge in [0.2, 0.25) is 0 Å². The Labute approximate surface area is 119 Å². The standard InChI is InChI=1S/C17H21NO2/c1-3-20-17(19)10-11-18-13(2)15-9-8-14-6-4-5-7-16(14)12-15/h4-9,12-13,18H,3,10-11H2,1-2H3. The third-order valence-corrected chi connectivity index (χ3v) is 3.36. The molecule has 0 fully saturated rings. The highest BCUT2D eigenvalue weighted by Gasteiger charge is 2.07. The van der Waals surface area contributed by atoms with Crippen LogP contribution >= 0.6 is 0 Å². The molecule has 1 N–H and O–H groups in total. The van der Waals surface area contributed by atoms with Gasteiger partial charge >= 0.3 is 5.97 Å². The van der Waals surface area contributed by atoms with E-state index in [1.807, 2.05) is 19.1 Å². The van der Waals surface area contributed by atoms with E-state index in [4.69, 9.17) is 4.74 Å². The summed E-state index contributed by atoms with van der Waals surface area (Å²) in [6.07, 6.45) is 0.408. The van der Waals surface area contributed by atoms with Crippen LogP contribution < -0.4 is 5.32 Å². The Bertz CT molecular complexity index is 580. The summed E-state index contributed by atoms with van der Waals surface area (Å²) in [7, 11) is 0. The quantitative estimate of drug-likeness (QED) is 0.818. The van der Waals surface area contributed by atoms with Gasteiger partial charge in [-0.05, 0) is 36.2 Å². The highest BCUT2D eigenvalue weighted by Crippen LogP contribution is 2.20. The molecule has 0 spiro atoms. The first-order chi connectivity index (χ1) is 9.70. The van der Waals surface area contributed by atoms with Crippen LogP contribution in [0.3, 0.4) is 0 Å². The van der Waals surface area contributed by atoms with E-state index < -0.39 is 0 Å². The monoisotopic (exact) mass is 271 g/mol. The van der Waals surface area contributed by atoms with Crippen molar-refractivity contribution in [3.63, 3.8) is 0 Å². The van der Waals surface area contributed by atoms with Crippen LogP contribution in [0.15, 0.2) is 42.5 Å². The minimum atomic E-state index is -0.147. The molecule has 0 aromatic heterocycles. The molecule has 2 aromatic carbocycles. The Morgan fingerprint density at radius 1 is 1.20 bits per heavy atom. The summed E-state index contributed by atoms with van der Waals surface area (Å²) in [5.74, 6) is -0.147. The number of carbonyl (C=O) groups is 1. The topological polar surface area (TPSA) is 38.3 Å². The molecule has 0 bridgehead atoms. The molecule has 0 heterocycles. The van der Waals surface area contributed by atoms with Crippen LogP contribution in [0, 0.1) is 0 Å². The molecule has 3 heteroatoms. The summed E-state index contributed by atoms with van der Waals surface area (Å²) >= 11 is 0. The van der Waals surface area contributed by atoms with Crippen molar-refractivity contribution in [1.29, 1.82) is 0 Å². The van der Waals surface area contributed by atoms with E-state index in [0.717, 1.165) is 0 Å². The number of carbonyl (C=O) groups excluding carboxylic acids is 1. The van der Waals surface area contributed by atoms with Gasteiger partial charge in [0.1, 0.15) is 0 Å². The summed E-state index contributed by atoms with van der Waals surface area (Å²) in [5, 5.41) is 5.84. The lowest BCUT2D eigenvalue weighted by Crippen LogP contribution is -2.22. The Morgan fingerprint density at radius 2 is 1.95 bits per heavy atom. The normalized spacial score (nSPS) is 12.3. The van der Waals surface area contributed by atoms with E-state index in [1.165, 1.54) is 16.3 Å². The zero-order chi connectivity index (χ0) is 14.4. The molecule has 1 unspecified atom stereocenters. The van der Waals surface area contributed by atoms with Gasteiger partial charge in [-0.1, -0.05) is 36.4 Å². The zero-order valence-corrected chi connectivity index (χ0v) is 12.1. The summed E-state index contributed by atoms with van der Waals surface area (Å²) in [4.78, 5) is 11.3. The maximum absolute atomic E-state index is 11.3. The first-order valence-corrected chi connectivity index (χ1v) is 7.08. The number of nitrogens with one attached hydrogen (secondary N) is 1. The number of fused-ring (bicyclic) bond motifs is 1. The van der Waals surface area contributed by atoms with E-state index in [9.17, 15) is 4.79 Å². The van der Waals surface area contributed by atoms with Gasteiger partial charge in [-0.15, -0.1) is 0 Å². The Morgan fingerprint density at radius 3 is 2.70 bits per heavy atom. The number of benzene rings is 2. The van der Waals surface area contributed by atoms with Gasteiger partial charge in [-0.25, -0.2) is 0 Å². The average Bonchev–Trinajstić information content (AvgIpc) is 2.47. The van der Waals surface area contributed by atoms with Gasteiger partial charge < -0.3 is 10.1 Å². The minimum Gasteiger partial charge on any atom is -0.466 e. The molecule has 0 aliphatic heterocycles. The first kappa shape index (κ1) is 14.5. The van der Waals surface area contributed by atoms with Gasteiger partial charge in [0.25, 0.3) is 0 Å². The van der Waals surface area contributed by atoms with Crippen molar-refractivity contribution in [3.8, 4) is 0 Å². The molecule has 1 atom stereocenters. The number of hydrogen-bond acceptors (Lipinski definition) is 3. The molecule has 106 valence electrons. The zero-order valence-electron chi connectivity index (χ0n) is 12.1. The second-order valence-electron chi connectivity index (χ2n) is 4.84. The molecule has 0 amide bonds. The first-order valence-electron chi connectivity index (χ1n) is 7.08. The molecule has 3 nitrogen and oxygen atoms in total. The largest absolute Gasteiger partial charge is 0.466 e. The van der Waals surface area contributed by atoms with Crippen molar-refractivity contribution in [2.24, 2.45) is 0 Å². The van der Waals surface area contributed by atoms with Gasteiger partial charge in [-0.2, -0.15) is 0 Å². The number of rotatable bonds is 6. The molecule has 0 saturated carbocycles. The lowest BCUT2D eigenvalue weighted by Gasteiger charge is -2.14. The summed E-state index contributed by atoms with van der Waals surface area (Å²) in [6.45, 7) is 5.00. The van der Waals surface area contributed by atoms with Gasteiger partial charge in [0.05, 0.1) is 13.0 Å². The number of ether oxygens (including phenoxy) is 1. The van der Waals surface area contributed by atoms with Crippen molar-refractivity contribution in [3.05, 3.63) is 48.0 Å². The van der Waals surface area contributed by atoms with Crippen molar-refractivity contribution in [2.45, 2.75) is 26.3 Å². The highest BCUT2D eigenvalue weighted by molar-refractivity contribution is 5.83. The fourth-order valence-electron chi connectivity index (χ4n) is 2.22. The average molecular weight is 271 g/mol. The van der Waals surface area contributed by atoms with Crippen LogP contribution in [0.25, 0.3) is 10.8 Å². The van der Waals surface area contributed by atoms with Crippen LogP contribution in [-0.4, -0.2) is 19.1 Å². The van der Waals surface area contributed by atoms with E-state index in [-0.39, 0.29) is 12.0 Å². The summed E-state index contributed by atoms with van der Waals surface area (Å²) in [6, 6.07) is 15.0. The SMILES string of the molecule is CCOC(=O)CCNC(C)c1ccc2ccccc2c1. The maximum atomic E-state index is 11.3. The lowest BCUT2D eigenvalue weighted by molar-refractivity contribution is -0.143. The van der Waals surface area contributed by atoms with E-state index in [0.29, 0.717) is 19.6 Å². The molecule has 0 saturated heterocycles. The summed E-state index contributed by atoms with van der Waals surface area (Å²) in [5.41, 5.74) is 1.23.